The van der Waals surface area contributed by atoms with Crippen LogP contribution >= 0.6 is 12.6 Å². The summed E-state index contributed by atoms with van der Waals surface area (Å²) >= 11 is 4.09. The Labute approximate surface area is 61.8 Å². The van der Waals surface area contributed by atoms with E-state index in [4.69, 9.17) is 0 Å². The fraction of sp³-hybridized carbons (Fsp3) is 1.00. The molecule has 0 atom stereocenters. The van der Waals surface area contributed by atoms with E-state index < -0.39 is 0 Å². The minimum atomic E-state index is 0.880. The van der Waals surface area contributed by atoms with Gasteiger partial charge in [-0.15, -0.1) is 0 Å². The van der Waals surface area contributed by atoms with Gasteiger partial charge in [-0.05, 0) is 5.92 Å². The summed E-state index contributed by atoms with van der Waals surface area (Å²) in [5.74, 6) is 1.82. The van der Waals surface area contributed by atoms with Crippen molar-refractivity contribution in [2.24, 2.45) is 5.92 Å². The van der Waals surface area contributed by atoms with E-state index in [0.717, 1.165) is 24.8 Å². The van der Waals surface area contributed by atoms with Crippen molar-refractivity contribution in [1.82, 2.24) is 10.6 Å². The summed E-state index contributed by atoms with van der Waals surface area (Å²) in [6, 6.07) is 0. The predicted molar refractivity (Wildman–Crippen MR) is 43.1 cm³/mol. The van der Waals surface area contributed by atoms with Crippen LogP contribution in [-0.2, 0) is 0 Å². The Morgan fingerprint density at radius 3 is 2.78 bits per heavy atom. The van der Waals surface area contributed by atoms with Crippen LogP contribution in [0.5, 0.6) is 0 Å². The molecule has 1 aliphatic rings. The second kappa shape index (κ2) is 4.14. The summed E-state index contributed by atoms with van der Waals surface area (Å²) in [5, 5.41) is 6.55. The van der Waals surface area contributed by atoms with E-state index in [1.54, 1.807) is 0 Å². The van der Waals surface area contributed by atoms with E-state index in [1.807, 2.05) is 0 Å². The number of thiol groups is 1. The van der Waals surface area contributed by atoms with Gasteiger partial charge in [-0.25, -0.2) is 0 Å². The zero-order chi connectivity index (χ0) is 6.53. The van der Waals surface area contributed by atoms with Gasteiger partial charge < -0.3 is 10.6 Å². The third kappa shape index (κ3) is 2.56. The van der Waals surface area contributed by atoms with Crippen LogP contribution in [0.25, 0.3) is 0 Å². The smallest absolute Gasteiger partial charge is 0.00398 e. The Morgan fingerprint density at radius 2 is 2.33 bits per heavy atom. The highest BCUT2D eigenvalue weighted by atomic mass is 32.1. The van der Waals surface area contributed by atoms with Crippen LogP contribution < -0.4 is 10.6 Å². The van der Waals surface area contributed by atoms with Crippen LogP contribution in [0.2, 0.25) is 0 Å². The molecule has 1 fully saturated rings. The molecule has 0 aromatic rings. The lowest BCUT2D eigenvalue weighted by Crippen LogP contribution is -2.47. The Bertz CT molecular complexity index is 73.5. The molecule has 0 unspecified atom stereocenters. The van der Waals surface area contributed by atoms with Crippen molar-refractivity contribution >= 4 is 12.6 Å². The molecule has 0 amide bonds. The maximum atomic E-state index is 4.09. The third-order valence-electron chi connectivity index (χ3n) is 1.59. The van der Waals surface area contributed by atoms with E-state index in [0.29, 0.717) is 0 Å². The highest BCUT2D eigenvalue weighted by molar-refractivity contribution is 7.80. The second-order valence-corrected chi connectivity index (χ2v) is 2.90. The summed E-state index contributed by atoms with van der Waals surface area (Å²) < 4.78 is 0. The van der Waals surface area contributed by atoms with Gasteiger partial charge >= 0.3 is 0 Å². The lowest BCUT2D eigenvalue weighted by Gasteiger charge is -2.27. The molecule has 2 N–H and O–H groups in total. The summed E-state index contributed by atoms with van der Waals surface area (Å²) in [5.41, 5.74) is 0. The quantitative estimate of drug-likeness (QED) is 0.375. The largest absolute Gasteiger partial charge is 0.316 e. The fourth-order valence-corrected chi connectivity index (χ4v) is 1.04. The molecule has 0 aromatic carbocycles. The molecular weight excluding hydrogens is 132 g/mol. The molecule has 0 spiro atoms. The van der Waals surface area contributed by atoms with Crippen molar-refractivity contribution in [2.75, 3.05) is 31.9 Å². The standard InChI is InChI=1S/C6H14N2S/c9-2-1-7-3-6-4-8-5-6/h6-9H,1-5H2. The van der Waals surface area contributed by atoms with Gasteiger partial charge in [0.15, 0.2) is 0 Å². The number of hydrogen-bond donors (Lipinski definition) is 3. The first-order chi connectivity index (χ1) is 4.43. The van der Waals surface area contributed by atoms with Crippen molar-refractivity contribution in [3.8, 4) is 0 Å². The highest BCUT2D eigenvalue weighted by Crippen LogP contribution is 1.98. The van der Waals surface area contributed by atoms with Crippen LogP contribution in [0.15, 0.2) is 0 Å². The van der Waals surface area contributed by atoms with Crippen LogP contribution in [0, 0.1) is 5.92 Å². The molecule has 9 heavy (non-hydrogen) atoms. The highest BCUT2D eigenvalue weighted by Gasteiger charge is 2.14. The van der Waals surface area contributed by atoms with Gasteiger partial charge in [0.25, 0.3) is 0 Å². The van der Waals surface area contributed by atoms with E-state index in [1.165, 1.54) is 13.1 Å². The Hall–Kier alpha value is 0.270. The molecule has 1 aliphatic heterocycles. The average molecular weight is 146 g/mol. The molecule has 1 heterocycles. The van der Waals surface area contributed by atoms with Crippen molar-refractivity contribution in [2.45, 2.75) is 0 Å². The predicted octanol–water partition coefficient (Wildman–Crippen LogP) is -0.275. The topological polar surface area (TPSA) is 24.1 Å². The Morgan fingerprint density at radius 1 is 1.56 bits per heavy atom. The molecule has 0 bridgehead atoms. The molecule has 2 nitrogen and oxygen atoms in total. The molecule has 54 valence electrons. The Balaban J connectivity index is 1.80. The SMILES string of the molecule is SCCNCC1CNC1. The van der Waals surface area contributed by atoms with Gasteiger partial charge in [-0.1, -0.05) is 0 Å². The van der Waals surface area contributed by atoms with Gasteiger partial charge in [0.1, 0.15) is 0 Å². The minimum Gasteiger partial charge on any atom is -0.316 e. The summed E-state index contributed by atoms with van der Waals surface area (Å²) in [6.07, 6.45) is 0. The van der Waals surface area contributed by atoms with E-state index in [-0.39, 0.29) is 0 Å². The monoisotopic (exact) mass is 146 g/mol. The summed E-state index contributed by atoms with van der Waals surface area (Å²) in [6.45, 7) is 4.59. The van der Waals surface area contributed by atoms with Crippen molar-refractivity contribution < 1.29 is 0 Å². The van der Waals surface area contributed by atoms with Gasteiger partial charge in [0.2, 0.25) is 0 Å². The second-order valence-electron chi connectivity index (χ2n) is 2.45. The van der Waals surface area contributed by atoms with Gasteiger partial charge in [0, 0.05) is 31.9 Å². The maximum Gasteiger partial charge on any atom is 0.00398 e. The van der Waals surface area contributed by atoms with Crippen LogP contribution in [0.3, 0.4) is 0 Å². The first-order valence-electron chi connectivity index (χ1n) is 3.46. The van der Waals surface area contributed by atoms with E-state index in [9.17, 15) is 0 Å². The lowest BCUT2D eigenvalue weighted by atomic mass is 10.0. The van der Waals surface area contributed by atoms with Crippen molar-refractivity contribution in [1.29, 1.82) is 0 Å². The third-order valence-corrected chi connectivity index (χ3v) is 1.81. The molecular formula is C6H14N2S. The van der Waals surface area contributed by atoms with E-state index >= 15 is 0 Å². The molecule has 1 rings (SSSR count). The Kier molecular flexibility index (Phi) is 3.40. The first kappa shape index (κ1) is 7.38. The summed E-state index contributed by atoms with van der Waals surface area (Å²) in [7, 11) is 0. The normalized spacial score (nSPS) is 19.7. The number of rotatable bonds is 4. The van der Waals surface area contributed by atoms with Crippen LogP contribution in [0.4, 0.5) is 0 Å². The number of hydrogen-bond acceptors (Lipinski definition) is 3. The van der Waals surface area contributed by atoms with Crippen LogP contribution in [0.1, 0.15) is 0 Å². The number of nitrogens with one attached hydrogen (secondary N) is 2. The molecule has 0 aromatic heterocycles. The molecule has 1 saturated heterocycles. The average Bonchev–Trinajstić information content (AvgIpc) is 1.76. The zero-order valence-electron chi connectivity index (χ0n) is 5.56. The first-order valence-corrected chi connectivity index (χ1v) is 4.09. The van der Waals surface area contributed by atoms with Crippen molar-refractivity contribution in [3.05, 3.63) is 0 Å². The molecule has 0 radical (unpaired) electrons. The van der Waals surface area contributed by atoms with Crippen LogP contribution in [-0.4, -0.2) is 31.9 Å². The molecule has 0 saturated carbocycles. The van der Waals surface area contributed by atoms with Crippen molar-refractivity contribution in [3.63, 3.8) is 0 Å². The molecule has 0 aliphatic carbocycles. The maximum absolute atomic E-state index is 4.09. The zero-order valence-corrected chi connectivity index (χ0v) is 6.45. The fourth-order valence-electron chi connectivity index (χ4n) is 0.878. The minimum absolute atomic E-state index is 0.880. The van der Waals surface area contributed by atoms with Gasteiger partial charge in [-0.2, -0.15) is 12.6 Å². The van der Waals surface area contributed by atoms with E-state index in [2.05, 4.69) is 23.3 Å². The molecule has 3 heteroatoms. The van der Waals surface area contributed by atoms with Gasteiger partial charge in [-0.3, -0.25) is 0 Å². The lowest BCUT2D eigenvalue weighted by molar-refractivity contribution is 0.335. The van der Waals surface area contributed by atoms with Gasteiger partial charge in [0.05, 0.1) is 0 Å². The summed E-state index contributed by atoms with van der Waals surface area (Å²) in [4.78, 5) is 0.